The van der Waals surface area contributed by atoms with Crippen molar-refractivity contribution < 1.29 is 14.3 Å². The molecule has 1 saturated heterocycles. The summed E-state index contributed by atoms with van der Waals surface area (Å²) in [6, 6.07) is 8.22. The lowest BCUT2D eigenvalue weighted by Crippen LogP contribution is -2.28. The predicted octanol–water partition coefficient (Wildman–Crippen LogP) is 3.32. The number of thiophene rings is 1. The zero-order valence-electron chi connectivity index (χ0n) is 12.4. The second-order valence-electron chi connectivity index (χ2n) is 5.68. The Kier molecular flexibility index (Phi) is 4.27. The Morgan fingerprint density at radius 1 is 1.41 bits per heavy atom. The summed E-state index contributed by atoms with van der Waals surface area (Å²) in [7, 11) is 0. The summed E-state index contributed by atoms with van der Waals surface area (Å²) < 4.78 is 13.0. The smallest absolute Gasteiger partial charge is 0.263 e. The van der Waals surface area contributed by atoms with Gasteiger partial charge in [0.05, 0.1) is 4.88 Å². The summed E-state index contributed by atoms with van der Waals surface area (Å²) in [5.74, 6) is -0.0426. The number of aryl methyl sites for hydroxylation is 1. The van der Waals surface area contributed by atoms with E-state index >= 15 is 0 Å². The molecule has 1 aromatic carbocycles. The zero-order valence-corrected chi connectivity index (χ0v) is 13.2. The highest BCUT2D eigenvalue weighted by Crippen LogP contribution is 2.32. The fourth-order valence-electron chi connectivity index (χ4n) is 2.83. The number of benzene rings is 1. The summed E-state index contributed by atoms with van der Waals surface area (Å²) in [6.07, 6.45) is 0.859. The molecule has 1 amide bonds. The van der Waals surface area contributed by atoms with Crippen molar-refractivity contribution >= 4 is 17.2 Å². The van der Waals surface area contributed by atoms with Gasteiger partial charge in [-0.1, -0.05) is 12.1 Å². The van der Waals surface area contributed by atoms with E-state index in [9.17, 15) is 14.3 Å². The SMILES string of the molecule is Cc1sc(C(=O)N2CCC(CO)C2)cc1-c1ccc(F)cc1. The minimum Gasteiger partial charge on any atom is -0.396 e. The van der Waals surface area contributed by atoms with Gasteiger partial charge in [-0.25, -0.2) is 4.39 Å². The van der Waals surface area contributed by atoms with E-state index < -0.39 is 0 Å². The number of likely N-dealkylation sites (tertiary alicyclic amines) is 1. The van der Waals surface area contributed by atoms with E-state index in [-0.39, 0.29) is 24.2 Å². The van der Waals surface area contributed by atoms with Crippen LogP contribution < -0.4 is 0 Å². The third-order valence-corrected chi connectivity index (χ3v) is 5.15. The third kappa shape index (κ3) is 2.91. The van der Waals surface area contributed by atoms with Gasteiger partial charge in [0.2, 0.25) is 0 Å². The molecular formula is C17H18FNO2S. The number of carbonyl (C=O) groups is 1. The normalized spacial score (nSPS) is 18.0. The number of aliphatic hydroxyl groups is 1. The second kappa shape index (κ2) is 6.18. The summed E-state index contributed by atoms with van der Waals surface area (Å²) in [5, 5.41) is 9.19. The van der Waals surface area contributed by atoms with Gasteiger partial charge in [0.15, 0.2) is 0 Å². The van der Waals surface area contributed by atoms with Gasteiger partial charge in [0, 0.05) is 30.5 Å². The standard InChI is InChI=1S/C17H18FNO2S/c1-11-15(13-2-4-14(18)5-3-13)8-16(22-11)17(21)19-7-6-12(9-19)10-20/h2-5,8,12,20H,6-7,9-10H2,1H3. The minimum absolute atomic E-state index is 0.0254. The van der Waals surface area contributed by atoms with E-state index in [1.54, 1.807) is 17.0 Å². The molecule has 1 atom stereocenters. The predicted molar refractivity (Wildman–Crippen MR) is 85.5 cm³/mol. The van der Waals surface area contributed by atoms with Crippen LogP contribution in [0.5, 0.6) is 0 Å². The van der Waals surface area contributed by atoms with Crippen LogP contribution in [-0.2, 0) is 0 Å². The highest BCUT2D eigenvalue weighted by atomic mass is 32.1. The molecule has 1 aliphatic rings. The first-order valence-corrected chi connectivity index (χ1v) is 8.16. The van der Waals surface area contributed by atoms with Gasteiger partial charge in [-0.3, -0.25) is 4.79 Å². The highest BCUT2D eigenvalue weighted by Gasteiger charge is 2.27. The Balaban J connectivity index is 1.83. The van der Waals surface area contributed by atoms with E-state index in [2.05, 4.69) is 0 Å². The minimum atomic E-state index is -0.264. The van der Waals surface area contributed by atoms with Crippen LogP contribution in [0.1, 0.15) is 21.0 Å². The largest absolute Gasteiger partial charge is 0.396 e. The first kappa shape index (κ1) is 15.2. The molecular weight excluding hydrogens is 301 g/mol. The maximum absolute atomic E-state index is 13.0. The van der Waals surface area contributed by atoms with Crippen molar-refractivity contribution in [3.8, 4) is 11.1 Å². The Morgan fingerprint density at radius 2 is 2.14 bits per heavy atom. The second-order valence-corrected chi connectivity index (χ2v) is 6.93. The van der Waals surface area contributed by atoms with Gasteiger partial charge in [0.25, 0.3) is 5.91 Å². The van der Waals surface area contributed by atoms with Crippen LogP contribution in [-0.4, -0.2) is 35.6 Å². The molecule has 1 N–H and O–H groups in total. The van der Waals surface area contributed by atoms with Gasteiger partial charge in [-0.2, -0.15) is 0 Å². The molecule has 1 fully saturated rings. The van der Waals surface area contributed by atoms with Gasteiger partial charge >= 0.3 is 0 Å². The molecule has 116 valence electrons. The third-order valence-electron chi connectivity index (χ3n) is 4.12. The summed E-state index contributed by atoms with van der Waals surface area (Å²) in [4.78, 5) is 16.1. The van der Waals surface area contributed by atoms with Gasteiger partial charge in [-0.15, -0.1) is 11.3 Å². The Morgan fingerprint density at radius 3 is 2.77 bits per heavy atom. The summed E-state index contributed by atoms with van der Waals surface area (Å²) in [6.45, 7) is 3.43. The van der Waals surface area contributed by atoms with E-state index in [4.69, 9.17) is 0 Å². The molecule has 22 heavy (non-hydrogen) atoms. The number of hydrogen-bond acceptors (Lipinski definition) is 3. The molecule has 0 bridgehead atoms. The molecule has 2 aromatic rings. The van der Waals surface area contributed by atoms with E-state index in [0.717, 1.165) is 22.4 Å². The van der Waals surface area contributed by atoms with E-state index in [1.165, 1.54) is 23.5 Å². The zero-order chi connectivity index (χ0) is 15.7. The van der Waals surface area contributed by atoms with Crippen molar-refractivity contribution in [1.82, 2.24) is 4.90 Å². The van der Waals surface area contributed by atoms with Crippen molar-refractivity contribution in [3.63, 3.8) is 0 Å². The first-order valence-electron chi connectivity index (χ1n) is 7.35. The van der Waals surface area contributed by atoms with Crippen LogP contribution in [0.15, 0.2) is 30.3 Å². The molecule has 3 nitrogen and oxygen atoms in total. The number of aliphatic hydroxyl groups excluding tert-OH is 1. The summed E-state index contributed by atoms with van der Waals surface area (Å²) >= 11 is 1.47. The molecule has 1 unspecified atom stereocenters. The molecule has 0 aliphatic carbocycles. The average molecular weight is 319 g/mol. The van der Waals surface area contributed by atoms with Crippen molar-refractivity contribution in [1.29, 1.82) is 0 Å². The van der Waals surface area contributed by atoms with Crippen molar-refractivity contribution in [2.75, 3.05) is 19.7 Å². The van der Waals surface area contributed by atoms with Crippen molar-refractivity contribution in [2.24, 2.45) is 5.92 Å². The Bertz CT molecular complexity index is 680. The quantitative estimate of drug-likeness (QED) is 0.943. The lowest BCUT2D eigenvalue weighted by Gasteiger charge is -2.14. The van der Waals surface area contributed by atoms with Crippen molar-refractivity contribution in [3.05, 3.63) is 45.9 Å². The van der Waals surface area contributed by atoms with Crippen LogP contribution in [0, 0.1) is 18.7 Å². The molecule has 0 radical (unpaired) electrons. The Hall–Kier alpha value is -1.72. The van der Waals surface area contributed by atoms with Crippen LogP contribution in [0.25, 0.3) is 11.1 Å². The number of amides is 1. The number of hydrogen-bond donors (Lipinski definition) is 1. The number of nitrogens with zero attached hydrogens (tertiary/aromatic N) is 1. The number of rotatable bonds is 3. The lowest BCUT2D eigenvalue weighted by atomic mass is 10.1. The maximum Gasteiger partial charge on any atom is 0.263 e. The maximum atomic E-state index is 13.0. The first-order chi connectivity index (χ1) is 10.6. The monoisotopic (exact) mass is 319 g/mol. The molecule has 3 rings (SSSR count). The van der Waals surface area contributed by atoms with Crippen LogP contribution in [0.2, 0.25) is 0 Å². The fraction of sp³-hybridized carbons (Fsp3) is 0.353. The van der Waals surface area contributed by atoms with E-state index in [1.807, 2.05) is 13.0 Å². The van der Waals surface area contributed by atoms with Gasteiger partial charge in [0.1, 0.15) is 5.82 Å². The number of carbonyl (C=O) groups excluding carboxylic acids is 1. The topological polar surface area (TPSA) is 40.5 Å². The molecule has 2 heterocycles. The Labute approximate surface area is 133 Å². The van der Waals surface area contributed by atoms with Gasteiger partial charge in [-0.05, 0) is 42.7 Å². The fourth-order valence-corrected chi connectivity index (χ4v) is 3.84. The summed E-state index contributed by atoms with van der Waals surface area (Å²) in [5.41, 5.74) is 1.90. The molecule has 1 aromatic heterocycles. The van der Waals surface area contributed by atoms with Crippen LogP contribution in [0.4, 0.5) is 4.39 Å². The number of halogens is 1. The van der Waals surface area contributed by atoms with E-state index in [0.29, 0.717) is 18.0 Å². The lowest BCUT2D eigenvalue weighted by molar-refractivity contribution is 0.0786. The van der Waals surface area contributed by atoms with Crippen LogP contribution in [0.3, 0.4) is 0 Å². The molecule has 1 aliphatic heterocycles. The average Bonchev–Trinajstić information content (AvgIpc) is 3.14. The molecule has 0 saturated carbocycles. The van der Waals surface area contributed by atoms with Crippen molar-refractivity contribution in [2.45, 2.75) is 13.3 Å². The van der Waals surface area contributed by atoms with Gasteiger partial charge < -0.3 is 10.0 Å². The highest BCUT2D eigenvalue weighted by molar-refractivity contribution is 7.14. The van der Waals surface area contributed by atoms with Crippen LogP contribution >= 0.6 is 11.3 Å². The molecule has 5 heteroatoms. The molecule has 0 spiro atoms.